The maximum Gasteiger partial charge on any atom is 0.259 e. The minimum Gasteiger partial charge on any atom is -0.493 e. The molecule has 0 bridgehead atoms. The maximum atomic E-state index is 11.1. The van der Waals surface area contributed by atoms with Gasteiger partial charge in [0.1, 0.15) is 18.2 Å². The number of rotatable bonds is 6. The van der Waals surface area contributed by atoms with Crippen molar-refractivity contribution in [1.29, 1.82) is 10.5 Å². The standard InChI is InChI=1S/C19H15N3O3/c1-24-18-9-15(8-16(11-21)19(22)23)6-7-17(18)25-12-14-4-2-13(10-20)3-5-14/h2-9H,12H2,1H3,(H2,22,23)/b16-8+. The van der Waals surface area contributed by atoms with Crippen molar-refractivity contribution in [1.82, 2.24) is 0 Å². The highest BCUT2D eigenvalue weighted by Gasteiger charge is 2.08. The van der Waals surface area contributed by atoms with Gasteiger partial charge in [0.2, 0.25) is 0 Å². The molecule has 0 aliphatic heterocycles. The average Bonchev–Trinajstić information content (AvgIpc) is 2.64. The zero-order valence-electron chi connectivity index (χ0n) is 13.5. The van der Waals surface area contributed by atoms with E-state index in [4.69, 9.17) is 25.7 Å². The van der Waals surface area contributed by atoms with Gasteiger partial charge in [-0.3, -0.25) is 4.79 Å². The van der Waals surface area contributed by atoms with Crippen molar-refractivity contribution in [3.63, 3.8) is 0 Å². The Morgan fingerprint density at radius 3 is 2.44 bits per heavy atom. The van der Waals surface area contributed by atoms with Gasteiger partial charge in [0, 0.05) is 0 Å². The van der Waals surface area contributed by atoms with Gasteiger partial charge < -0.3 is 15.2 Å². The number of hydrogen-bond acceptors (Lipinski definition) is 5. The number of hydrogen-bond donors (Lipinski definition) is 1. The second-order valence-corrected chi connectivity index (χ2v) is 5.04. The second-order valence-electron chi connectivity index (χ2n) is 5.04. The zero-order valence-corrected chi connectivity index (χ0v) is 13.5. The van der Waals surface area contributed by atoms with Gasteiger partial charge in [-0.05, 0) is 41.5 Å². The number of nitriles is 2. The lowest BCUT2D eigenvalue weighted by molar-refractivity contribution is -0.114. The molecule has 2 aromatic carbocycles. The van der Waals surface area contributed by atoms with E-state index in [9.17, 15) is 4.79 Å². The van der Waals surface area contributed by atoms with Crippen LogP contribution in [0.25, 0.3) is 6.08 Å². The summed E-state index contributed by atoms with van der Waals surface area (Å²) in [7, 11) is 1.50. The number of methoxy groups -OCH3 is 1. The molecule has 0 heterocycles. The molecule has 0 aliphatic carbocycles. The smallest absolute Gasteiger partial charge is 0.259 e. The molecule has 0 spiro atoms. The van der Waals surface area contributed by atoms with Crippen LogP contribution in [0, 0.1) is 22.7 Å². The molecule has 0 aromatic heterocycles. The first-order valence-electron chi connectivity index (χ1n) is 7.29. The van der Waals surface area contributed by atoms with Crippen molar-refractivity contribution in [3.05, 3.63) is 64.7 Å². The van der Waals surface area contributed by atoms with E-state index in [1.54, 1.807) is 36.4 Å². The lowest BCUT2D eigenvalue weighted by Crippen LogP contribution is -2.12. The molecule has 6 heteroatoms. The van der Waals surface area contributed by atoms with E-state index in [1.165, 1.54) is 13.2 Å². The molecular weight excluding hydrogens is 318 g/mol. The molecule has 0 saturated heterocycles. The topological polar surface area (TPSA) is 109 Å². The molecule has 0 radical (unpaired) electrons. The Bertz CT molecular complexity index is 888. The van der Waals surface area contributed by atoms with Crippen molar-refractivity contribution < 1.29 is 14.3 Å². The molecule has 1 amide bonds. The monoisotopic (exact) mass is 333 g/mol. The lowest BCUT2D eigenvalue weighted by Gasteiger charge is -2.11. The number of amides is 1. The number of nitrogens with zero attached hydrogens (tertiary/aromatic N) is 2. The zero-order chi connectivity index (χ0) is 18.2. The van der Waals surface area contributed by atoms with Gasteiger partial charge in [0.15, 0.2) is 11.5 Å². The number of ether oxygens (including phenoxy) is 2. The molecule has 2 rings (SSSR count). The van der Waals surface area contributed by atoms with E-state index in [2.05, 4.69) is 6.07 Å². The van der Waals surface area contributed by atoms with E-state index < -0.39 is 5.91 Å². The molecule has 6 nitrogen and oxygen atoms in total. The van der Waals surface area contributed by atoms with Crippen LogP contribution in [0.5, 0.6) is 11.5 Å². The fourth-order valence-corrected chi connectivity index (χ4v) is 2.05. The summed E-state index contributed by atoms with van der Waals surface area (Å²) in [4.78, 5) is 11.1. The highest BCUT2D eigenvalue weighted by molar-refractivity contribution is 6.00. The third kappa shape index (κ3) is 4.60. The van der Waals surface area contributed by atoms with Crippen LogP contribution in [0.4, 0.5) is 0 Å². The first kappa shape index (κ1) is 17.6. The minimum atomic E-state index is -0.789. The van der Waals surface area contributed by atoms with Crippen LogP contribution in [0.3, 0.4) is 0 Å². The third-order valence-corrected chi connectivity index (χ3v) is 3.36. The molecular formula is C19H15N3O3. The minimum absolute atomic E-state index is 0.145. The van der Waals surface area contributed by atoms with Crippen LogP contribution in [0.1, 0.15) is 16.7 Å². The Kier molecular flexibility index (Phi) is 5.76. The molecule has 0 aliphatic rings. The largest absolute Gasteiger partial charge is 0.493 e. The van der Waals surface area contributed by atoms with Gasteiger partial charge >= 0.3 is 0 Å². The van der Waals surface area contributed by atoms with Crippen LogP contribution < -0.4 is 15.2 Å². The molecule has 2 aromatic rings. The van der Waals surface area contributed by atoms with E-state index in [1.807, 2.05) is 12.1 Å². The Hall–Kier alpha value is -3.77. The summed E-state index contributed by atoms with van der Waals surface area (Å²) < 4.78 is 11.0. The third-order valence-electron chi connectivity index (χ3n) is 3.36. The number of benzene rings is 2. The van der Waals surface area contributed by atoms with Gasteiger partial charge in [0.05, 0.1) is 18.7 Å². The Balaban J connectivity index is 2.17. The summed E-state index contributed by atoms with van der Waals surface area (Å²) in [6.45, 7) is 0.308. The van der Waals surface area contributed by atoms with E-state index >= 15 is 0 Å². The summed E-state index contributed by atoms with van der Waals surface area (Å²) >= 11 is 0. The predicted octanol–water partition coefficient (Wildman–Crippen LogP) is 2.54. The van der Waals surface area contributed by atoms with Gasteiger partial charge in [-0.1, -0.05) is 18.2 Å². The first-order chi connectivity index (χ1) is 12.1. The average molecular weight is 333 g/mol. The lowest BCUT2D eigenvalue weighted by atomic mass is 10.1. The summed E-state index contributed by atoms with van der Waals surface area (Å²) in [5.41, 5.74) is 7.06. The Labute approximate surface area is 145 Å². The Morgan fingerprint density at radius 1 is 1.16 bits per heavy atom. The van der Waals surface area contributed by atoms with Crippen molar-refractivity contribution in [2.24, 2.45) is 5.73 Å². The van der Waals surface area contributed by atoms with Crippen LogP contribution in [0.15, 0.2) is 48.0 Å². The van der Waals surface area contributed by atoms with Crippen molar-refractivity contribution >= 4 is 12.0 Å². The summed E-state index contributed by atoms with van der Waals surface area (Å²) in [6.07, 6.45) is 1.38. The fourth-order valence-electron chi connectivity index (χ4n) is 2.05. The van der Waals surface area contributed by atoms with E-state index in [0.29, 0.717) is 29.2 Å². The number of primary amides is 1. The van der Waals surface area contributed by atoms with Crippen molar-refractivity contribution in [2.75, 3.05) is 7.11 Å². The summed E-state index contributed by atoms with van der Waals surface area (Å²) in [5, 5.41) is 17.7. The molecule has 0 unspecified atom stereocenters. The number of carbonyl (C=O) groups is 1. The van der Waals surface area contributed by atoms with Crippen LogP contribution in [-0.4, -0.2) is 13.0 Å². The predicted molar refractivity (Wildman–Crippen MR) is 91.3 cm³/mol. The molecule has 0 fully saturated rings. The molecule has 124 valence electrons. The van der Waals surface area contributed by atoms with E-state index in [0.717, 1.165) is 5.56 Å². The van der Waals surface area contributed by atoms with Crippen LogP contribution in [0.2, 0.25) is 0 Å². The maximum absolute atomic E-state index is 11.1. The first-order valence-corrected chi connectivity index (χ1v) is 7.29. The number of carbonyl (C=O) groups excluding carboxylic acids is 1. The molecule has 0 saturated carbocycles. The van der Waals surface area contributed by atoms with E-state index in [-0.39, 0.29) is 5.57 Å². The number of nitrogens with two attached hydrogens (primary N) is 1. The SMILES string of the molecule is COc1cc(/C=C(\C#N)C(N)=O)ccc1OCc1ccc(C#N)cc1. The van der Waals surface area contributed by atoms with Crippen molar-refractivity contribution in [3.8, 4) is 23.6 Å². The van der Waals surface area contributed by atoms with Crippen LogP contribution in [-0.2, 0) is 11.4 Å². The van der Waals surface area contributed by atoms with Gasteiger partial charge in [0.25, 0.3) is 5.91 Å². The second kappa shape index (κ2) is 8.19. The normalized spacial score (nSPS) is 10.4. The summed E-state index contributed by atoms with van der Waals surface area (Å²) in [6, 6.07) is 15.9. The Morgan fingerprint density at radius 2 is 1.88 bits per heavy atom. The quantitative estimate of drug-likeness (QED) is 0.645. The van der Waals surface area contributed by atoms with Gasteiger partial charge in [-0.25, -0.2) is 0 Å². The van der Waals surface area contributed by atoms with Crippen molar-refractivity contribution in [2.45, 2.75) is 6.61 Å². The molecule has 25 heavy (non-hydrogen) atoms. The van der Waals surface area contributed by atoms with Crippen LogP contribution >= 0.6 is 0 Å². The summed E-state index contributed by atoms with van der Waals surface area (Å²) in [5.74, 6) is 0.188. The highest BCUT2D eigenvalue weighted by atomic mass is 16.5. The van der Waals surface area contributed by atoms with Gasteiger partial charge in [-0.2, -0.15) is 10.5 Å². The fraction of sp³-hybridized carbons (Fsp3) is 0.105. The van der Waals surface area contributed by atoms with Gasteiger partial charge in [-0.15, -0.1) is 0 Å². The highest BCUT2D eigenvalue weighted by Crippen LogP contribution is 2.29. The molecule has 0 atom stereocenters. The molecule has 2 N–H and O–H groups in total.